The Balaban J connectivity index is 1.29. The molecule has 1 aliphatic heterocycles. The van der Waals surface area contributed by atoms with E-state index >= 15 is 0 Å². The number of hydrogen-bond acceptors (Lipinski definition) is 8. The van der Waals surface area contributed by atoms with E-state index in [9.17, 15) is 9.90 Å². The topological polar surface area (TPSA) is 114 Å². The molecule has 9 nitrogen and oxygen atoms in total. The summed E-state index contributed by atoms with van der Waals surface area (Å²) >= 11 is 0. The molecule has 0 aliphatic carbocycles. The first-order valence-corrected chi connectivity index (χ1v) is 10.2. The highest BCUT2D eigenvalue weighted by atomic mass is 16.5. The molecular formula is C22H25N5O4. The fourth-order valence-electron chi connectivity index (χ4n) is 3.72. The highest BCUT2D eigenvalue weighted by molar-refractivity contribution is 5.90. The van der Waals surface area contributed by atoms with E-state index in [1.54, 1.807) is 12.3 Å². The molecule has 1 aliphatic rings. The van der Waals surface area contributed by atoms with Crippen molar-refractivity contribution in [2.45, 2.75) is 32.6 Å². The van der Waals surface area contributed by atoms with E-state index in [2.05, 4.69) is 38.2 Å². The van der Waals surface area contributed by atoms with Gasteiger partial charge < -0.3 is 19.6 Å². The first-order valence-electron chi connectivity index (χ1n) is 10.2. The maximum atomic E-state index is 12.0. The van der Waals surface area contributed by atoms with Crippen molar-refractivity contribution in [1.82, 2.24) is 25.2 Å². The maximum absolute atomic E-state index is 12.0. The molecule has 0 radical (unpaired) electrons. The van der Waals surface area contributed by atoms with E-state index in [1.165, 1.54) is 29.9 Å². The van der Waals surface area contributed by atoms with E-state index in [4.69, 9.17) is 9.15 Å². The first-order chi connectivity index (χ1) is 15.1. The van der Waals surface area contributed by atoms with Gasteiger partial charge >= 0.3 is 0 Å². The van der Waals surface area contributed by atoms with Crippen LogP contribution in [0.15, 0.2) is 47.6 Å². The largest absolute Gasteiger partial charge is 0.485 e. The molecule has 1 amide bonds. The Hall–Kier alpha value is -3.30. The molecule has 162 valence electrons. The molecule has 9 heteroatoms. The molecule has 0 unspecified atom stereocenters. The maximum Gasteiger partial charge on any atom is 0.289 e. The number of oxazole rings is 1. The Morgan fingerprint density at radius 2 is 2.19 bits per heavy atom. The number of carbonyl (C=O) groups is 1. The van der Waals surface area contributed by atoms with Crippen molar-refractivity contribution in [2.24, 2.45) is 0 Å². The molecule has 31 heavy (non-hydrogen) atoms. The summed E-state index contributed by atoms with van der Waals surface area (Å²) in [5.41, 5.74) is 3.65. The Bertz CT molecular complexity index is 1010. The second kappa shape index (κ2) is 9.67. The summed E-state index contributed by atoms with van der Waals surface area (Å²) in [6.45, 7) is 4.60. The summed E-state index contributed by atoms with van der Waals surface area (Å²) in [5.74, 6) is 1.23. The van der Waals surface area contributed by atoms with Crippen LogP contribution in [0, 0.1) is 6.92 Å². The van der Waals surface area contributed by atoms with Gasteiger partial charge in [0.2, 0.25) is 5.82 Å². The Kier molecular flexibility index (Phi) is 6.54. The summed E-state index contributed by atoms with van der Waals surface area (Å²) in [5, 5.41) is 13.1. The van der Waals surface area contributed by atoms with E-state index in [1.807, 2.05) is 6.07 Å². The third kappa shape index (κ3) is 5.25. The number of ether oxygens (including phenoxy) is 1. The Labute approximate surface area is 180 Å². The van der Waals surface area contributed by atoms with Crippen LogP contribution < -0.4 is 10.1 Å². The zero-order chi connectivity index (χ0) is 21.6. The number of nitrogens with zero attached hydrogens (tertiary/aromatic N) is 4. The predicted molar refractivity (Wildman–Crippen MR) is 111 cm³/mol. The van der Waals surface area contributed by atoms with Crippen LogP contribution in [0.4, 0.5) is 0 Å². The van der Waals surface area contributed by atoms with E-state index in [-0.39, 0.29) is 12.4 Å². The first kappa shape index (κ1) is 21.0. The SMILES string of the molecule is Cc1c(OCc2cnco2)ccc2c1CCN(C[C@@H](O)CNC(=O)c1ncccn1)C2. The summed E-state index contributed by atoms with van der Waals surface area (Å²) in [4.78, 5) is 25.9. The van der Waals surface area contributed by atoms with Gasteiger partial charge in [0.25, 0.3) is 5.91 Å². The lowest BCUT2D eigenvalue weighted by atomic mass is 9.94. The number of carbonyl (C=O) groups excluding carboxylic acids is 1. The summed E-state index contributed by atoms with van der Waals surface area (Å²) in [6.07, 6.45) is 6.25. The third-order valence-corrected chi connectivity index (χ3v) is 5.31. The average Bonchev–Trinajstić information content (AvgIpc) is 3.31. The average molecular weight is 423 g/mol. The van der Waals surface area contributed by atoms with Gasteiger partial charge in [-0.05, 0) is 42.2 Å². The summed E-state index contributed by atoms with van der Waals surface area (Å²) < 4.78 is 11.1. The van der Waals surface area contributed by atoms with Crippen LogP contribution in [-0.2, 0) is 19.6 Å². The molecule has 3 heterocycles. The number of aliphatic hydroxyl groups is 1. The molecular weight excluding hydrogens is 398 g/mol. The lowest BCUT2D eigenvalue weighted by Gasteiger charge is -2.31. The minimum atomic E-state index is -0.681. The lowest BCUT2D eigenvalue weighted by Crippen LogP contribution is -2.42. The minimum Gasteiger partial charge on any atom is -0.485 e. The van der Waals surface area contributed by atoms with Gasteiger partial charge in [-0.15, -0.1) is 0 Å². The standard InChI is InChI=1S/C22H25N5O4/c1-15-19-5-8-27(12-17(28)9-26-22(29)21-24-6-2-7-25-21)11-16(19)3-4-20(15)30-13-18-10-23-14-31-18/h2-4,6-7,10,14,17,28H,5,8-9,11-13H2,1H3,(H,26,29)/t17-/m0/s1. The summed E-state index contributed by atoms with van der Waals surface area (Å²) in [7, 11) is 0. The van der Waals surface area contributed by atoms with Crippen LogP contribution in [0.3, 0.4) is 0 Å². The van der Waals surface area contributed by atoms with Gasteiger partial charge in [0, 0.05) is 38.6 Å². The fourth-order valence-corrected chi connectivity index (χ4v) is 3.72. The monoisotopic (exact) mass is 423 g/mol. The smallest absolute Gasteiger partial charge is 0.289 e. The molecule has 0 bridgehead atoms. The molecule has 0 spiro atoms. The van der Waals surface area contributed by atoms with Gasteiger partial charge in [0.1, 0.15) is 12.4 Å². The number of aliphatic hydroxyl groups excluding tert-OH is 1. The Morgan fingerprint density at radius 3 is 2.97 bits per heavy atom. The zero-order valence-electron chi connectivity index (χ0n) is 17.3. The molecule has 0 saturated heterocycles. The molecule has 0 fully saturated rings. The molecule has 1 atom stereocenters. The molecule has 2 N–H and O–H groups in total. The fraction of sp³-hybridized carbons (Fsp3) is 0.364. The number of benzene rings is 1. The van der Waals surface area contributed by atoms with Gasteiger partial charge in [-0.25, -0.2) is 15.0 Å². The number of nitrogens with one attached hydrogen (secondary N) is 1. The molecule has 2 aromatic heterocycles. The van der Waals surface area contributed by atoms with Gasteiger partial charge in [-0.1, -0.05) is 6.07 Å². The van der Waals surface area contributed by atoms with Crippen LogP contribution in [0.5, 0.6) is 5.75 Å². The second-order valence-corrected chi connectivity index (χ2v) is 7.50. The minimum absolute atomic E-state index is 0.0957. The van der Waals surface area contributed by atoms with Crippen molar-refractivity contribution >= 4 is 5.91 Å². The van der Waals surface area contributed by atoms with Crippen molar-refractivity contribution in [2.75, 3.05) is 19.6 Å². The highest BCUT2D eigenvalue weighted by Crippen LogP contribution is 2.29. The van der Waals surface area contributed by atoms with E-state index in [0.29, 0.717) is 18.9 Å². The Morgan fingerprint density at radius 1 is 1.35 bits per heavy atom. The normalized spacial score (nSPS) is 14.6. The zero-order valence-corrected chi connectivity index (χ0v) is 17.3. The van der Waals surface area contributed by atoms with Crippen molar-refractivity contribution in [3.63, 3.8) is 0 Å². The molecule has 3 aromatic rings. The van der Waals surface area contributed by atoms with Crippen LogP contribution in [-0.4, -0.2) is 56.6 Å². The van der Waals surface area contributed by atoms with Gasteiger partial charge in [0.05, 0.1) is 12.3 Å². The second-order valence-electron chi connectivity index (χ2n) is 7.50. The third-order valence-electron chi connectivity index (χ3n) is 5.31. The van der Waals surface area contributed by atoms with Crippen LogP contribution >= 0.6 is 0 Å². The predicted octanol–water partition coefficient (Wildman–Crippen LogP) is 1.50. The number of β-amino-alcohol motifs (C(OH)–C–C–N with tert-alkyl or cyclic N) is 1. The number of aromatic nitrogens is 3. The molecule has 1 aromatic carbocycles. The van der Waals surface area contributed by atoms with Crippen LogP contribution in [0.2, 0.25) is 0 Å². The molecule has 4 rings (SSSR count). The van der Waals surface area contributed by atoms with Crippen LogP contribution in [0.1, 0.15) is 33.1 Å². The quantitative estimate of drug-likeness (QED) is 0.560. The van der Waals surface area contributed by atoms with Gasteiger partial charge in [0.15, 0.2) is 12.2 Å². The highest BCUT2D eigenvalue weighted by Gasteiger charge is 2.22. The van der Waals surface area contributed by atoms with Gasteiger partial charge in [-0.3, -0.25) is 9.69 Å². The number of rotatable bonds is 8. The van der Waals surface area contributed by atoms with Crippen molar-refractivity contribution < 1.29 is 19.1 Å². The van der Waals surface area contributed by atoms with E-state index < -0.39 is 12.0 Å². The number of hydrogen-bond donors (Lipinski definition) is 2. The number of amides is 1. The van der Waals surface area contributed by atoms with E-state index in [0.717, 1.165) is 30.8 Å². The van der Waals surface area contributed by atoms with Crippen molar-refractivity contribution in [3.8, 4) is 5.75 Å². The lowest BCUT2D eigenvalue weighted by molar-refractivity contribution is 0.0833. The summed E-state index contributed by atoms with van der Waals surface area (Å²) in [6, 6.07) is 5.70. The van der Waals surface area contributed by atoms with Gasteiger partial charge in [-0.2, -0.15) is 0 Å². The van der Waals surface area contributed by atoms with Crippen molar-refractivity contribution in [3.05, 3.63) is 71.5 Å². The van der Waals surface area contributed by atoms with Crippen LogP contribution in [0.25, 0.3) is 0 Å². The van der Waals surface area contributed by atoms with Crippen molar-refractivity contribution in [1.29, 1.82) is 0 Å². The number of fused-ring (bicyclic) bond motifs is 1. The molecule has 0 saturated carbocycles.